The van der Waals surface area contributed by atoms with Gasteiger partial charge in [-0.1, -0.05) is 19.8 Å². The maximum Gasteiger partial charge on any atom is 0.0783 e. The van der Waals surface area contributed by atoms with E-state index < -0.39 is 0 Å². The molecule has 0 bridgehead atoms. The molecule has 2 saturated heterocycles. The summed E-state index contributed by atoms with van der Waals surface area (Å²) in [5, 5.41) is 0. The third kappa shape index (κ3) is 2.98. The van der Waals surface area contributed by atoms with Gasteiger partial charge in [0.15, 0.2) is 0 Å². The standard InChI is InChI=1S/C16H29NOS/c1-13-3-2-6-16(17,7-4-13)14-5-9-18-15(11-14)8-10-19-12-15/h13-14H,2-12,17H2,1H3. The second-order valence-electron chi connectivity index (χ2n) is 7.29. The topological polar surface area (TPSA) is 35.2 Å². The molecule has 0 aromatic carbocycles. The van der Waals surface area contributed by atoms with Crippen LogP contribution in [0.2, 0.25) is 0 Å². The van der Waals surface area contributed by atoms with Crippen molar-refractivity contribution in [3.63, 3.8) is 0 Å². The molecule has 1 spiro atoms. The van der Waals surface area contributed by atoms with Crippen LogP contribution in [0.5, 0.6) is 0 Å². The van der Waals surface area contributed by atoms with Crippen molar-refractivity contribution in [3.8, 4) is 0 Å². The number of rotatable bonds is 1. The van der Waals surface area contributed by atoms with Crippen LogP contribution in [0, 0.1) is 11.8 Å². The van der Waals surface area contributed by atoms with Crippen molar-refractivity contribution in [1.29, 1.82) is 0 Å². The second-order valence-corrected chi connectivity index (χ2v) is 8.40. The molecule has 2 heterocycles. The first kappa shape index (κ1) is 14.2. The van der Waals surface area contributed by atoms with Gasteiger partial charge in [-0.2, -0.15) is 11.8 Å². The third-order valence-corrected chi connectivity index (χ3v) is 7.04. The number of hydrogen-bond acceptors (Lipinski definition) is 3. The summed E-state index contributed by atoms with van der Waals surface area (Å²) in [6.45, 7) is 3.34. The van der Waals surface area contributed by atoms with Gasteiger partial charge in [-0.25, -0.2) is 0 Å². The molecule has 110 valence electrons. The minimum absolute atomic E-state index is 0.106. The van der Waals surface area contributed by atoms with Crippen molar-refractivity contribution in [2.75, 3.05) is 18.1 Å². The summed E-state index contributed by atoms with van der Waals surface area (Å²) < 4.78 is 6.17. The fraction of sp³-hybridized carbons (Fsp3) is 1.00. The van der Waals surface area contributed by atoms with Crippen LogP contribution in [0.3, 0.4) is 0 Å². The number of nitrogens with two attached hydrogens (primary N) is 1. The molecule has 2 N–H and O–H groups in total. The molecule has 1 saturated carbocycles. The summed E-state index contributed by atoms with van der Waals surface area (Å²) in [5.74, 6) is 4.06. The minimum atomic E-state index is 0.106. The van der Waals surface area contributed by atoms with Gasteiger partial charge in [0, 0.05) is 17.9 Å². The van der Waals surface area contributed by atoms with Crippen LogP contribution in [0.1, 0.15) is 58.3 Å². The largest absolute Gasteiger partial charge is 0.374 e. The van der Waals surface area contributed by atoms with E-state index in [1.807, 2.05) is 0 Å². The van der Waals surface area contributed by atoms with Gasteiger partial charge in [-0.05, 0) is 56.1 Å². The van der Waals surface area contributed by atoms with E-state index in [0.29, 0.717) is 5.92 Å². The Labute approximate surface area is 122 Å². The molecule has 19 heavy (non-hydrogen) atoms. The van der Waals surface area contributed by atoms with E-state index in [0.717, 1.165) is 12.5 Å². The number of hydrogen-bond donors (Lipinski definition) is 1. The average Bonchev–Trinajstić information content (AvgIpc) is 2.76. The molecule has 1 aliphatic carbocycles. The smallest absolute Gasteiger partial charge is 0.0783 e. The monoisotopic (exact) mass is 283 g/mol. The van der Waals surface area contributed by atoms with Gasteiger partial charge in [0.1, 0.15) is 0 Å². The highest BCUT2D eigenvalue weighted by atomic mass is 32.2. The quantitative estimate of drug-likeness (QED) is 0.747. The van der Waals surface area contributed by atoms with Crippen LogP contribution in [0.4, 0.5) is 0 Å². The van der Waals surface area contributed by atoms with Gasteiger partial charge in [0.25, 0.3) is 0 Å². The van der Waals surface area contributed by atoms with Gasteiger partial charge >= 0.3 is 0 Å². The van der Waals surface area contributed by atoms with Gasteiger partial charge in [0.05, 0.1) is 5.60 Å². The summed E-state index contributed by atoms with van der Waals surface area (Å²) in [6.07, 6.45) is 10.2. The van der Waals surface area contributed by atoms with Crippen LogP contribution >= 0.6 is 11.8 Å². The van der Waals surface area contributed by atoms with Crippen molar-refractivity contribution >= 4 is 11.8 Å². The SMILES string of the molecule is CC1CCCC(N)(C2CCOC3(CCSC3)C2)CC1. The van der Waals surface area contributed by atoms with Crippen LogP contribution in [-0.2, 0) is 4.74 Å². The molecule has 0 radical (unpaired) electrons. The molecule has 2 aliphatic heterocycles. The Morgan fingerprint density at radius 1 is 1.16 bits per heavy atom. The molecular weight excluding hydrogens is 254 g/mol. The second kappa shape index (κ2) is 5.57. The van der Waals surface area contributed by atoms with E-state index in [9.17, 15) is 0 Å². The highest BCUT2D eigenvalue weighted by Gasteiger charge is 2.46. The van der Waals surface area contributed by atoms with Crippen molar-refractivity contribution in [2.45, 2.75) is 69.4 Å². The Bertz CT molecular complexity index is 316. The Balaban J connectivity index is 1.69. The normalized spacial score (nSPS) is 48.3. The average molecular weight is 283 g/mol. The highest BCUT2D eigenvalue weighted by molar-refractivity contribution is 7.99. The van der Waals surface area contributed by atoms with Crippen LogP contribution < -0.4 is 5.73 Å². The van der Waals surface area contributed by atoms with Crippen LogP contribution in [0.25, 0.3) is 0 Å². The molecular formula is C16H29NOS. The zero-order chi connectivity index (χ0) is 13.3. The first-order chi connectivity index (χ1) is 9.12. The van der Waals surface area contributed by atoms with E-state index in [2.05, 4.69) is 18.7 Å². The molecule has 4 unspecified atom stereocenters. The molecule has 0 amide bonds. The molecule has 0 aromatic rings. The molecule has 3 aliphatic rings. The number of thioether (sulfide) groups is 1. The third-order valence-electron chi connectivity index (χ3n) is 5.81. The summed E-state index contributed by atoms with van der Waals surface area (Å²) >= 11 is 2.07. The molecule has 4 atom stereocenters. The van der Waals surface area contributed by atoms with Gasteiger partial charge in [-0.15, -0.1) is 0 Å². The molecule has 2 nitrogen and oxygen atoms in total. The Hall–Kier alpha value is 0.270. The Morgan fingerprint density at radius 3 is 2.84 bits per heavy atom. The summed E-state index contributed by atoms with van der Waals surface area (Å²) in [7, 11) is 0. The van der Waals surface area contributed by atoms with E-state index in [-0.39, 0.29) is 11.1 Å². The predicted octanol–water partition coefficient (Wildman–Crippen LogP) is 3.59. The van der Waals surface area contributed by atoms with Crippen LogP contribution in [-0.4, -0.2) is 29.3 Å². The van der Waals surface area contributed by atoms with E-state index in [1.54, 1.807) is 0 Å². The predicted molar refractivity (Wildman–Crippen MR) is 82.5 cm³/mol. The molecule has 3 fully saturated rings. The molecule has 3 heteroatoms. The lowest BCUT2D eigenvalue weighted by atomic mass is 9.70. The van der Waals surface area contributed by atoms with E-state index in [1.165, 1.54) is 62.9 Å². The van der Waals surface area contributed by atoms with Crippen molar-refractivity contribution in [2.24, 2.45) is 17.6 Å². The van der Waals surface area contributed by atoms with Gasteiger partial charge in [-0.3, -0.25) is 0 Å². The lowest BCUT2D eigenvalue weighted by Gasteiger charge is -2.46. The van der Waals surface area contributed by atoms with Crippen LogP contribution in [0.15, 0.2) is 0 Å². The maximum absolute atomic E-state index is 6.88. The minimum Gasteiger partial charge on any atom is -0.374 e. The fourth-order valence-electron chi connectivity index (χ4n) is 4.35. The van der Waals surface area contributed by atoms with E-state index >= 15 is 0 Å². The van der Waals surface area contributed by atoms with Crippen molar-refractivity contribution < 1.29 is 4.74 Å². The Kier molecular flexibility index (Phi) is 4.17. The number of ether oxygens (including phenoxy) is 1. The van der Waals surface area contributed by atoms with E-state index in [4.69, 9.17) is 10.5 Å². The maximum atomic E-state index is 6.88. The lowest BCUT2D eigenvalue weighted by molar-refractivity contribution is -0.0939. The van der Waals surface area contributed by atoms with Crippen molar-refractivity contribution in [3.05, 3.63) is 0 Å². The molecule has 0 aromatic heterocycles. The highest BCUT2D eigenvalue weighted by Crippen LogP contribution is 2.46. The first-order valence-corrected chi connectivity index (χ1v) is 9.28. The fourth-order valence-corrected chi connectivity index (χ4v) is 5.73. The Morgan fingerprint density at radius 2 is 2.05 bits per heavy atom. The summed E-state index contributed by atoms with van der Waals surface area (Å²) in [5.41, 5.74) is 7.18. The van der Waals surface area contributed by atoms with Gasteiger partial charge in [0.2, 0.25) is 0 Å². The summed E-state index contributed by atoms with van der Waals surface area (Å²) in [4.78, 5) is 0. The zero-order valence-corrected chi connectivity index (χ0v) is 13.1. The lowest BCUT2D eigenvalue weighted by Crippen LogP contribution is -2.53. The first-order valence-electron chi connectivity index (χ1n) is 8.13. The van der Waals surface area contributed by atoms with Gasteiger partial charge < -0.3 is 10.5 Å². The molecule has 3 rings (SSSR count). The zero-order valence-electron chi connectivity index (χ0n) is 12.3. The van der Waals surface area contributed by atoms with Crippen molar-refractivity contribution in [1.82, 2.24) is 0 Å². The summed E-state index contributed by atoms with van der Waals surface area (Å²) in [6, 6.07) is 0.